The van der Waals surface area contributed by atoms with E-state index in [1.807, 2.05) is 0 Å². The van der Waals surface area contributed by atoms with Crippen LogP contribution in [0.25, 0.3) is 0 Å². The first-order valence-electron chi connectivity index (χ1n) is 6.66. The normalized spacial score (nSPS) is 27.4. The molecule has 0 saturated heterocycles. The van der Waals surface area contributed by atoms with Crippen LogP contribution in [-0.2, 0) is 4.79 Å². The summed E-state index contributed by atoms with van der Waals surface area (Å²) in [5, 5.41) is 3.07. The minimum atomic E-state index is 0.224. The smallest absolute Gasteiger partial charge is 0.220 e. The van der Waals surface area contributed by atoms with E-state index in [1.165, 1.54) is 0 Å². The zero-order valence-corrected chi connectivity index (χ0v) is 10.7. The third kappa shape index (κ3) is 4.97. The van der Waals surface area contributed by atoms with Crippen LogP contribution in [-0.4, -0.2) is 18.0 Å². The number of carbonyl (C=O) groups is 1. The van der Waals surface area contributed by atoms with Gasteiger partial charge in [-0.25, -0.2) is 0 Å². The maximum Gasteiger partial charge on any atom is 0.220 e. The number of hydrogen-bond acceptors (Lipinski definition) is 2. The maximum atomic E-state index is 11.7. The Hall–Kier alpha value is -0.570. The number of amides is 1. The van der Waals surface area contributed by atoms with Gasteiger partial charge in [-0.1, -0.05) is 13.3 Å². The Morgan fingerprint density at radius 3 is 2.56 bits per heavy atom. The van der Waals surface area contributed by atoms with Gasteiger partial charge in [0.25, 0.3) is 0 Å². The second-order valence-electron chi connectivity index (χ2n) is 5.24. The van der Waals surface area contributed by atoms with Gasteiger partial charge in [-0.15, -0.1) is 0 Å². The third-order valence-electron chi connectivity index (χ3n) is 3.49. The van der Waals surface area contributed by atoms with E-state index in [1.54, 1.807) is 0 Å². The Labute approximate surface area is 99.2 Å². The van der Waals surface area contributed by atoms with Crippen molar-refractivity contribution in [3.63, 3.8) is 0 Å². The molecule has 3 nitrogen and oxygen atoms in total. The average Bonchev–Trinajstić information content (AvgIpc) is 2.21. The highest BCUT2D eigenvalue weighted by Gasteiger charge is 2.21. The van der Waals surface area contributed by atoms with Crippen LogP contribution in [0.3, 0.4) is 0 Å². The highest BCUT2D eigenvalue weighted by molar-refractivity contribution is 5.76. The van der Waals surface area contributed by atoms with E-state index in [2.05, 4.69) is 19.2 Å². The Bertz CT molecular complexity index is 210. The number of carbonyl (C=O) groups excluding carboxylic acids is 1. The molecule has 16 heavy (non-hydrogen) atoms. The summed E-state index contributed by atoms with van der Waals surface area (Å²) in [5.41, 5.74) is 5.85. The van der Waals surface area contributed by atoms with Crippen molar-refractivity contribution in [3.8, 4) is 0 Å². The van der Waals surface area contributed by atoms with E-state index in [-0.39, 0.29) is 5.91 Å². The fourth-order valence-corrected chi connectivity index (χ4v) is 2.49. The molecule has 0 heterocycles. The molecule has 0 aromatic carbocycles. The fourth-order valence-electron chi connectivity index (χ4n) is 2.49. The highest BCUT2D eigenvalue weighted by atomic mass is 16.1. The largest absolute Gasteiger partial charge is 0.354 e. The topological polar surface area (TPSA) is 55.1 Å². The second kappa shape index (κ2) is 6.89. The molecule has 3 heteroatoms. The molecule has 1 aliphatic carbocycles. The predicted octanol–water partition coefficient (Wildman–Crippen LogP) is 2.20. The molecular formula is C13H26N2O. The Kier molecular flexibility index (Phi) is 5.81. The van der Waals surface area contributed by atoms with E-state index >= 15 is 0 Å². The van der Waals surface area contributed by atoms with Crippen LogP contribution in [0.4, 0.5) is 0 Å². The number of hydrogen-bond donors (Lipinski definition) is 2. The van der Waals surface area contributed by atoms with Gasteiger partial charge in [0.2, 0.25) is 5.91 Å². The van der Waals surface area contributed by atoms with Crippen LogP contribution in [0.2, 0.25) is 0 Å². The molecule has 0 bridgehead atoms. The van der Waals surface area contributed by atoms with Gasteiger partial charge in [0.15, 0.2) is 0 Å². The lowest BCUT2D eigenvalue weighted by molar-refractivity contribution is -0.122. The van der Waals surface area contributed by atoms with Gasteiger partial charge in [0.05, 0.1) is 0 Å². The van der Waals surface area contributed by atoms with Crippen LogP contribution in [0.1, 0.15) is 58.8 Å². The molecule has 1 atom stereocenters. The first-order chi connectivity index (χ1) is 7.61. The van der Waals surface area contributed by atoms with Crippen molar-refractivity contribution >= 4 is 5.91 Å². The van der Waals surface area contributed by atoms with Crippen molar-refractivity contribution in [3.05, 3.63) is 0 Å². The molecule has 0 spiro atoms. The molecule has 0 aromatic heterocycles. The summed E-state index contributed by atoms with van der Waals surface area (Å²) >= 11 is 0. The monoisotopic (exact) mass is 226 g/mol. The molecular weight excluding hydrogens is 200 g/mol. The van der Waals surface area contributed by atoms with Crippen LogP contribution < -0.4 is 11.1 Å². The van der Waals surface area contributed by atoms with Crippen LogP contribution in [0, 0.1) is 5.92 Å². The lowest BCUT2D eigenvalue weighted by atomic mass is 9.84. The molecule has 1 amide bonds. The summed E-state index contributed by atoms with van der Waals surface area (Å²) in [6, 6.07) is 0.696. The van der Waals surface area contributed by atoms with E-state index in [9.17, 15) is 4.79 Å². The third-order valence-corrected chi connectivity index (χ3v) is 3.49. The second-order valence-corrected chi connectivity index (χ2v) is 5.24. The maximum absolute atomic E-state index is 11.7. The number of nitrogens with two attached hydrogens (primary N) is 1. The minimum Gasteiger partial charge on any atom is -0.354 e. The predicted molar refractivity (Wildman–Crippen MR) is 67.1 cm³/mol. The van der Waals surface area contributed by atoms with Crippen molar-refractivity contribution < 1.29 is 4.79 Å². The lowest BCUT2D eigenvalue weighted by Crippen LogP contribution is -2.35. The SMILES string of the molecule is CCCC(C)NC(=O)CC1CCC(N)CC1. The lowest BCUT2D eigenvalue weighted by Gasteiger charge is -2.26. The van der Waals surface area contributed by atoms with Gasteiger partial charge < -0.3 is 11.1 Å². The summed E-state index contributed by atoms with van der Waals surface area (Å²) in [7, 11) is 0. The van der Waals surface area contributed by atoms with Gasteiger partial charge in [0, 0.05) is 18.5 Å². The van der Waals surface area contributed by atoms with Crippen LogP contribution in [0.15, 0.2) is 0 Å². The molecule has 0 radical (unpaired) electrons. The Morgan fingerprint density at radius 1 is 1.38 bits per heavy atom. The number of rotatable bonds is 5. The van der Waals surface area contributed by atoms with Crippen molar-refractivity contribution in [2.24, 2.45) is 11.7 Å². The Balaban J connectivity index is 2.18. The van der Waals surface area contributed by atoms with Crippen molar-refractivity contribution in [2.75, 3.05) is 0 Å². The van der Waals surface area contributed by atoms with Gasteiger partial charge in [-0.05, 0) is 44.9 Å². The molecule has 0 aliphatic heterocycles. The fraction of sp³-hybridized carbons (Fsp3) is 0.923. The first-order valence-corrected chi connectivity index (χ1v) is 6.66. The summed E-state index contributed by atoms with van der Waals surface area (Å²) in [5.74, 6) is 0.787. The molecule has 1 saturated carbocycles. The zero-order valence-electron chi connectivity index (χ0n) is 10.7. The van der Waals surface area contributed by atoms with Crippen molar-refractivity contribution in [2.45, 2.75) is 70.9 Å². The Morgan fingerprint density at radius 2 is 2.00 bits per heavy atom. The minimum absolute atomic E-state index is 0.224. The molecule has 0 aromatic rings. The van der Waals surface area contributed by atoms with Crippen LogP contribution >= 0.6 is 0 Å². The zero-order chi connectivity index (χ0) is 12.0. The van der Waals surface area contributed by atoms with Gasteiger partial charge in [-0.3, -0.25) is 4.79 Å². The van der Waals surface area contributed by atoms with E-state index in [0.717, 1.165) is 38.5 Å². The molecule has 3 N–H and O–H groups in total. The van der Waals surface area contributed by atoms with E-state index in [0.29, 0.717) is 24.4 Å². The summed E-state index contributed by atoms with van der Waals surface area (Å²) in [6.07, 6.45) is 7.31. The molecule has 1 fully saturated rings. The molecule has 1 aliphatic rings. The average molecular weight is 226 g/mol. The summed E-state index contributed by atoms with van der Waals surface area (Å²) < 4.78 is 0. The van der Waals surface area contributed by atoms with Crippen LogP contribution in [0.5, 0.6) is 0 Å². The first kappa shape index (κ1) is 13.5. The van der Waals surface area contributed by atoms with Crippen molar-refractivity contribution in [1.29, 1.82) is 0 Å². The van der Waals surface area contributed by atoms with Crippen molar-refractivity contribution in [1.82, 2.24) is 5.32 Å². The highest BCUT2D eigenvalue weighted by Crippen LogP contribution is 2.25. The van der Waals surface area contributed by atoms with Gasteiger partial charge >= 0.3 is 0 Å². The summed E-state index contributed by atoms with van der Waals surface area (Å²) in [4.78, 5) is 11.7. The van der Waals surface area contributed by atoms with Gasteiger partial charge in [0.1, 0.15) is 0 Å². The molecule has 1 unspecified atom stereocenters. The van der Waals surface area contributed by atoms with E-state index < -0.39 is 0 Å². The standard InChI is InChI=1S/C13H26N2O/c1-3-4-10(2)15-13(16)9-11-5-7-12(14)8-6-11/h10-12H,3-9,14H2,1-2H3,(H,15,16). The molecule has 94 valence electrons. The molecule has 1 rings (SSSR count). The number of nitrogens with one attached hydrogen (secondary N) is 1. The summed E-state index contributed by atoms with van der Waals surface area (Å²) in [6.45, 7) is 4.23. The van der Waals surface area contributed by atoms with Gasteiger partial charge in [-0.2, -0.15) is 0 Å². The quantitative estimate of drug-likeness (QED) is 0.755. The van der Waals surface area contributed by atoms with E-state index in [4.69, 9.17) is 5.73 Å².